The Balaban J connectivity index is 2.33. The van der Waals surface area contributed by atoms with Crippen molar-refractivity contribution in [2.24, 2.45) is 0 Å². The number of nitrogens with one attached hydrogen (secondary N) is 1. The number of ether oxygens (including phenoxy) is 1. The molecule has 5 heteroatoms. The zero-order valence-electron chi connectivity index (χ0n) is 9.99. The second-order valence-corrected chi connectivity index (χ2v) is 5.28. The van der Waals surface area contributed by atoms with Crippen LogP contribution in [0.2, 0.25) is 0 Å². The van der Waals surface area contributed by atoms with Gasteiger partial charge in [0.1, 0.15) is 0 Å². The van der Waals surface area contributed by atoms with Gasteiger partial charge >= 0.3 is 0 Å². The number of hydrogen-bond acceptors (Lipinski definition) is 3. The normalized spacial score (nSPS) is 24.6. The molecule has 4 nitrogen and oxygen atoms in total. The third kappa shape index (κ3) is 1.53. The molecule has 1 fully saturated rings. The first-order valence-electron chi connectivity index (χ1n) is 5.76. The van der Waals surface area contributed by atoms with E-state index in [1.165, 1.54) is 5.56 Å². The summed E-state index contributed by atoms with van der Waals surface area (Å²) in [6, 6.07) is 1.99. The maximum absolute atomic E-state index is 5.51. The smallest absolute Gasteiger partial charge is 0.179 e. The molecule has 0 amide bonds. The van der Waals surface area contributed by atoms with Gasteiger partial charge in [-0.1, -0.05) is 0 Å². The molecule has 0 bridgehead atoms. The number of pyridine rings is 1. The van der Waals surface area contributed by atoms with Gasteiger partial charge in [0.25, 0.3) is 0 Å². The van der Waals surface area contributed by atoms with Gasteiger partial charge in [0.2, 0.25) is 0 Å². The Labute approximate surface area is 105 Å². The summed E-state index contributed by atoms with van der Waals surface area (Å²) in [6.07, 6.45) is 2.81. The second-order valence-electron chi connectivity index (χ2n) is 4.89. The van der Waals surface area contributed by atoms with Crippen molar-refractivity contribution >= 4 is 23.4 Å². The summed E-state index contributed by atoms with van der Waals surface area (Å²) >= 11 is 5.43. The monoisotopic (exact) mass is 249 g/mol. The van der Waals surface area contributed by atoms with E-state index in [0.29, 0.717) is 6.61 Å². The fourth-order valence-electron chi connectivity index (χ4n) is 2.46. The van der Waals surface area contributed by atoms with Gasteiger partial charge in [-0.05, 0) is 44.1 Å². The molecule has 2 aromatic rings. The topological polar surface area (TPSA) is 42.8 Å². The van der Waals surface area contributed by atoms with E-state index in [1.807, 2.05) is 12.3 Å². The summed E-state index contributed by atoms with van der Waals surface area (Å²) in [5, 5.41) is 0. The summed E-state index contributed by atoms with van der Waals surface area (Å²) in [7, 11) is 0. The molecule has 1 aliphatic heterocycles. The predicted octanol–water partition coefficient (Wildman–Crippen LogP) is 2.54. The third-order valence-electron chi connectivity index (χ3n) is 3.52. The molecular weight excluding hydrogens is 234 g/mol. The molecule has 1 aliphatic rings. The van der Waals surface area contributed by atoms with Crippen molar-refractivity contribution in [2.45, 2.75) is 25.8 Å². The first-order chi connectivity index (χ1) is 8.12. The minimum absolute atomic E-state index is 0.0733. The molecular formula is C12H15N3OS. The first kappa shape index (κ1) is 10.9. The van der Waals surface area contributed by atoms with Crippen LogP contribution in [0.15, 0.2) is 12.3 Å². The average molecular weight is 249 g/mol. The number of aromatic amines is 1. The van der Waals surface area contributed by atoms with Crippen molar-refractivity contribution in [3.8, 4) is 0 Å². The van der Waals surface area contributed by atoms with Crippen LogP contribution < -0.4 is 0 Å². The van der Waals surface area contributed by atoms with Crippen molar-refractivity contribution in [3.63, 3.8) is 0 Å². The van der Waals surface area contributed by atoms with Crippen LogP contribution in [0.3, 0.4) is 0 Å². The quantitative estimate of drug-likeness (QED) is 0.790. The van der Waals surface area contributed by atoms with Gasteiger partial charge in [-0.2, -0.15) is 0 Å². The van der Waals surface area contributed by atoms with E-state index in [0.717, 1.165) is 29.0 Å². The lowest BCUT2D eigenvalue weighted by Gasteiger charge is -2.24. The summed E-state index contributed by atoms with van der Waals surface area (Å²) < 4.78 is 8.35. The molecule has 2 aromatic heterocycles. The van der Waals surface area contributed by atoms with E-state index in [-0.39, 0.29) is 5.54 Å². The number of imidazole rings is 1. The van der Waals surface area contributed by atoms with Gasteiger partial charge in [-0.25, -0.2) is 4.98 Å². The number of fused-ring (bicyclic) bond motifs is 1. The number of aromatic nitrogens is 3. The van der Waals surface area contributed by atoms with Gasteiger partial charge in [0.05, 0.1) is 17.7 Å². The minimum atomic E-state index is -0.0733. The lowest BCUT2D eigenvalue weighted by Crippen LogP contribution is -2.30. The maximum Gasteiger partial charge on any atom is 0.179 e. The van der Waals surface area contributed by atoms with Crippen LogP contribution in [0.5, 0.6) is 0 Å². The van der Waals surface area contributed by atoms with Crippen LogP contribution in [0.1, 0.15) is 18.9 Å². The highest BCUT2D eigenvalue weighted by Gasteiger charge is 2.34. The van der Waals surface area contributed by atoms with E-state index in [9.17, 15) is 0 Å². The van der Waals surface area contributed by atoms with E-state index in [4.69, 9.17) is 17.0 Å². The van der Waals surface area contributed by atoms with E-state index in [1.54, 1.807) is 0 Å². The summed E-state index contributed by atoms with van der Waals surface area (Å²) in [4.78, 5) is 7.72. The second kappa shape index (κ2) is 3.65. The van der Waals surface area contributed by atoms with Crippen LogP contribution in [0.4, 0.5) is 0 Å². The molecule has 1 atom stereocenters. The lowest BCUT2D eigenvalue weighted by molar-refractivity contribution is 0.162. The van der Waals surface area contributed by atoms with Crippen molar-refractivity contribution in [1.29, 1.82) is 0 Å². The van der Waals surface area contributed by atoms with Gasteiger partial charge in [-0.15, -0.1) is 0 Å². The fourth-order valence-corrected chi connectivity index (χ4v) is 2.87. The highest BCUT2D eigenvalue weighted by atomic mass is 32.1. The molecule has 0 spiro atoms. The Kier molecular flexibility index (Phi) is 2.34. The van der Waals surface area contributed by atoms with Crippen molar-refractivity contribution in [3.05, 3.63) is 22.6 Å². The molecule has 1 saturated heterocycles. The minimum Gasteiger partial charge on any atom is -0.379 e. The van der Waals surface area contributed by atoms with E-state index < -0.39 is 0 Å². The Morgan fingerprint density at radius 3 is 3.12 bits per heavy atom. The summed E-state index contributed by atoms with van der Waals surface area (Å²) in [6.45, 7) is 5.72. The van der Waals surface area contributed by atoms with Crippen LogP contribution in [0.25, 0.3) is 11.2 Å². The maximum atomic E-state index is 5.51. The number of hydrogen-bond donors (Lipinski definition) is 1. The number of rotatable bonds is 1. The third-order valence-corrected chi connectivity index (χ3v) is 3.81. The zero-order valence-corrected chi connectivity index (χ0v) is 10.8. The van der Waals surface area contributed by atoms with Crippen LogP contribution >= 0.6 is 12.2 Å². The molecule has 90 valence electrons. The SMILES string of the molecule is Cc1ccnc2c1[nH]c(=S)n2C1(C)CCOC1. The van der Waals surface area contributed by atoms with E-state index >= 15 is 0 Å². The molecule has 3 rings (SSSR count). The molecule has 0 aliphatic carbocycles. The summed E-state index contributed by atoms with van der Waals surface area (Å²) in [5.74, 6) is 0. The highest BCUT2D eigenvalue weighted by Crippen LogP contribution is 2.30. The van der Waals surface area contributed by atoms with Gasteiger partial charge < -0.3 is 9.72 Å². The highest BCUT2D eigenvalue weighted by molar-refractivity contribution is 7.71. The lowest BCUT2D eigenvalue weighted by atomic mass is 10.0. The zero-order chi connectivity index (χ0) is 12.0. The molecule has 3 heterocycles. The summed E-state index contributed by atoms with van der Waals surface area (Å²) in [5.41, 5.74) is 3.06. The molecule has 0 saturated carbocycles. The van der Waals surface area contributed by atoms with Crippen molar-refractivity contribution < 1.29 is 4.74 Å². The Morgan fingerprint density at radius 1 is 1.59 bits per heavy atom. The number of aryl methyl sites for hydroxylation is 1. The molecule has 0 aromatic carbocycles. The molecule has 1 unspecified atom stereocenters. The predicted molar refractivity (Wildman–Crippen MR) is 68.7 cm³/mol. The largest absolute Gasteiger partial charge is 0.379 e. The first-order valence-corrected chi connectivity index (χ1v) is 6.17. The Hall–Kier alpha value is -1.20. The standard InChI is InChI=1S/C12H15N3OS/c1-8-3-5-13-10-9(8)14-11(17)15(10)12(2)4-6-16-7-12/h3,5H,4,6-7H2,1-2H3,(H,14,17). The molecule has 0 radical (unpaired) electrons. The van der Waals surface area contributed by atoms with Crippen LogP contribution in [-0.2, 0) is 10.3 Å². The molecule has 17 heavy (non-hydrogen) atoms. The Morgan fingerprint density at radius 2 is 2.41 bits per heavy atom. The van der Waals surface area contributed by atoms with E-state index in [2.05, 4.69) is 28.4 Å². The Bertz CT molecular complexity index is 622. The van der Waals surface area contributed by atoms with Gasteiger partial charge in [0, 0.05) is 12.8 Å². The average Bonchev–Trinajstić information content (AvgIpc) is 2.83. The molecule has 1 N–H and O–H groups in total. The van der Waals surface area contributed by atoms with Crippen molar-refractivity contribution in [2.75, 3.05) is 13.2 Å². The van der Waals surface area contributed by atoms with Crippen LogP contribution in [-0.4, -0.2) is 27.7 Å². The van der Waals surface area contributed by atoms with Gasteiger partial charge in [0.15, 0.2) is 10.4 Å². The van der Waals surface area contributed by atoms with Crippen molar-refractivity contribution in [1.82, 2.24) is 14.5 Å². The van der Waals surface area contributed by atoms with Crippen LogP contribution in [0, 0.1) is 11.7 Å². The number of H-pyrrole nitrogens is 1. The van der Waals surface area contributed by atoms with Gasteiger partial charge in [-0.3, -0.25) is 4.57 Å². The number of nitrogens with zero attached hydrogens (tertiary/aromatic N) is 2. The fraction of sp³-hybridized carbons (Fsp3) is 0.500.